The summed E-state index contributed by atoms with van der Waals surface area (Å²) in [4.78, 5) is 25.3. The minimum atomic E-state index is -0.944. The molecule has 82 valence electrons. The second-order valence-corrected chi connectivity index (χ2v) is 3.68. The summed E-state index contributed by atoms with van der Waals surface area (Å²) in [6.07, 6.45) is -0.0929. The number of hydrogen-bond donors (Lipinski definition) is 3. The molecular formula is C8H11N3O3S. The maximum atomic E-state index is 11.2. The van der Waals surface area contributed by atoms with Gasteiger partial charge in [0.25, 0.3) is 0 Å². The minimum Gasteiger partial charge on any atom is -0.481 e. The van der Waals surface area contributed by atoms with E-state index in [2.05, 4.69) is 15.6 Å². The van der Waals surface area contributed by atoms with Crippen molar-refractivity contribution in [1.29, 1.82) is 0 Å². The highest BCUT2D eigenvalue weighted by Crippen LogP contribution is 2.13. The molecule has 3 N–H and O–H groups in total. The van der Waals surface area contributed by atoms with E-state index in [4.69, 9.17) is 5.11 Å². The van der Waals surface area contributed by atoms with Crippen molar-refractivity contribution in [3.05, 3.63) is 11.1 Å². The number of anilines is 1. The number of urea groups is 1. The molecule has 0 bridgehead atoms. The van der Waals surface area contributed by atoms with Crippen LogP contribution in [0, 0.1) is 6.92 Å². The van der Waals surface area contributed by atoms with Crippen molar-refractivity contribution >= 4 is 28.5 Å². The highest BCUT2D eigenvalue weighted by atomic mass is 32.1. The first kappa shape index (κ1) is 11.4. The van der Waals surface area contributed by atoms with Crippen LogP contribution in [0.25, 0.3) is 0 Å². The molecule has 0 saturated heterocycles. The molecule has 0 aliphatic rings. The third-order valence-corrected chi connectivity index (χ3v) is 2.34. The van der Waals surface area contributed by atoms with Crippen LogP contribution in [0.4, 0.5) is 9.93 Å². The summed E-state index contributed by atoms with van der Waals surface area (Å²) < 4.78 is 0. The van der Waals surface area contributed by atoms with E-state index in [0.717, 1.165) is 5.69 Å². The van der Waals surface area contributed by atoms with Gasteiger partial charge in [0, 0.05) is 11.9 Å². The molecule has 0 atom stereocenters. The molecule has 0 radical (unpaired) electrons. The van der Waals surface area contributed by atoms with E-state index in [1.54, 1.807) is 0 Å². The first-order valence-corrected chi connectivity index (χ1v) is 5.14. The summed E-state index contributed by atoms with van der Waals surface area (Å²) in [5.74, 6) is -0.944. The van der Waals surface area contributed by atoms with Crippen LogP contribution in [0.1, 0.15) is 12.1 Å². The van der Waals surface area contributed by atoms with Gasteiger partial charge in [0.05, 0.1) is 12.1 Å². The molecule has 0 aromatic carbocycles. The maximum absolute atomic E-state index is 11.2. The Balaban J connectivity index is 2.27. The van der Waals surface area contributed by atoms with E-state index in [-0.39, 0.29) is 13.0 Å². The van der Waals surface area contributed by atoms with Gasteiger partial charge in [-0.25, -0.2) is 9.78 Å². The molecule has 0 spiro atoms. The lowest BCUT2D eigenvalue weighted by Crippen LogP contribution is -2.30. The average Bonchev–Trinajstić information content (AvgIpc) is 2.50. The lowest BCUT2D eigenvalue weighted by Gasteiger charge is -2.02. The topological polar surface area (TPSA) is 91.3 Å². The van der Waals surface area contributed by atoms with Gasteiger partial charge < -0.3 is 10.4 Å². The van der Waals surface area contributed by atoms with Crippen LogP contribution in [-0.2, 0) is 4.79 Å². The van der Waals surface area contributed by atoms with Gasteiger partial charge >= 0.3 is 12.0 Å². The highest BCUT2D eigenvalue weighted by Gasteiger charge is 2.04. The fourth-order valence-corrected chi connectivity index (χ4v) is 1.52. The van der Waals surface area contributed by atoms with Gasteiger partial charge in [0.2, 0.25) is 0 Å². The van der Waals surface area contributed by atoms with Crippen molar-refractivity contribution in [3.63, 3.8) is 0 Å². The standard InChI is InChI=1S/C8H11N3O3S/c1-5-4-15-8(10-5)11-7(14)9-3-2-6(12)13/h4H,2-3H2,1H3,(H,12,13)(H2,9,10,11,14). The third-order valence-electron chi connectivity index (χ3n) is 1.46. The van der Waals surface area contributed by atoms with Crippen LogP contribution in [0.5, 0.6) is 0 Å². The molecule has 1 rings (SSSR count). The van der Waals surface area contributed by atoms with Crippen LogP contribution in [0.3, 0.4) is 0 Å². The lowest BCUT2D eigenvalue weighted by molar-refractivity contribution is -0.136. The normalized spacial score (nSPS) is 9.67. The van der Waals surface area contributed by atoms with Crippen LogP contribution in [-0.4, -0.2) is 28.6 Å². The fraction of sp³-hybridized carbons (Fsp3) is 0.375. The van der Waals surface area contributed by atoms with Crippen LogP contribution in [0.15, 0.2) is 5.38 Å². The number of thiazole rings is 1. The third kappa shape index (κ3) is 4.41. The monoisotopic (exact) mass is 229 g/mol. The molecule has 1 aromatic heterocycles. The Kier molecular flexibility index (Phi) is 4.04. The zero-order valence-corrected chi connectivity index (χ0v) is 8.93. The molecule has 2 amide bonds. The first-order chi connectivity index (χ1) is 7.08. The number of carbonyl (C=O) groups excluding carboxylic acids is 1. The van der Waals surface area contributed by atoms with E-state index in [9.17, 15) is 9.59 Å². The summed E-state index contributed by atoms with van der Waals surface area (Å²) >= 11 is 1.32. The number of hydrogen-bond acceptors (Lipinski definition) is 4. The van der Waals surface area contributed by atoms with E-state index in [0.29, 0.717) is 5.13 Å². The maximum Gasteiger partial charge on any atom is 0.321 e. The van der Waals surface area contributed by atoms with Crippen molar-refractivity contribution in [1.82, 2.24) is 10.3 Å². The number of carbonyl (C=O) groups is 2. The summed E-state index contributed by atoms with van der Waals surface area (Å²) in [6, 6.07) is -0.439. The number of nitrogens with one attached hydrogen (secondary N) is 2. The van der Waals surface area contributed by atoms with Gasteiger partial charge in [0.15, 0.2) is 5.13 Å². The van der Waals surface area contributed by atoms with E-state index in [1.165, 1.54) is 11.3 Å². The zero-order valence-electron chi connectivity index (χ0n) is 8.11. The molecule has 15 heavy (non-hydrogen) atoms. The lowest BCUT2D eigenvalue weighted by atomic mass is 10.4. The van der Waals surface area contributed by atoms with E-state index < -0.39 is 12.0 Å². The second kappa shape index (κ2) is 5.30. The van der Waals surface area contributed by atoms with Gasteiger partial charge in [-0.05, 0) is 6.92 Å². The van der Waals surface area contributed by atoms with Crippen molar-refractivity contribution in [2.75, 3.05) is 11.9 Å². The zero-order chi connectivity index (χ0) is 11.3. The smallest absolute Gasteiger partial charge is 0.321 e. The van der Waals surface area contributed by atoms with Crippen molar-refractivity contribution in [3.8, 4) is 0 Å². The molecular weight excluding hydrogens is 218 g/mol. The Morgan fingerprint density at radius 3 is 2.87 bits per heavy atom. The van der Waals surface area contributed by atoms with Crippen LogP contribution in [0.2, 0.25) is 0 Å². The van der Waals surface area contributed by atoms with Gasteiger partial charge in [0.1, 0.15) is 0 Å². The largest absolute Gasteiger partial charge is 0.481 e. The minimum absolute atomic E-state index is 0.0929. The number of aliphatic carboxylic acids is 1. The van der Waals surface area contributed by atoms with Gasteiger partial charge in [-0.1, -0.05) is 0 Å². The molecule has 1 aromatic rings. The SMILES string of the molecule is Cc1csc(NC(=O)NCCC(=O)O)n1. The number of nitrogens with zero attached hydrogens (tertiary/aromatic N) is 1. The number of aryl methyl sites for hydroxylation is 1. The molecule has 7 heteroatoms. The second-order valence-electron chi connectivity index (χ2n) is 2.82. The average molecular weight is 229 g/mol. The molecule has 0 unspecified atom stereocenters. The Labute approximate surface area is 90.3 Å². The van der Waals surface area contributed by atoms with Crippen molar-refractivity contribution in [2.45, 2.75) is 13.3 Å². The van der Waals surface area contributed by atoms with Crippen LogP contribution < -0.4 is 10.6 Å². The summed E-state index contributed by atoms with van der Waals surface area (Å²) in [6.45, 7) is 1.93. The number of aromatic nitrogens is 1. The molecule has 1 heterocycles. The predicted molar refractivity (Wildman–Crippen MR) is 56.1 cm³/mol. The number of amides is 2. The van der Waals surface area contributed by atoms with Gasteiger partial charge in [-0.2, -0.15) is 0 Å². The van der Waals surface area contributed by atoms with Gasteiger partial charge in [-0.3, -0.25) is 10.1 Å². The quantitative estimate of drug-likeness (QED) is 0.719. The summed E-state index contributed by atoms with van der Waals surface area (Å²) in [5, 5.41) is 15.6. The predicted octanol–water partition coefficient (Wildman–Crippen LogP) is 1.05. The Morgan fingerprint density at radius 2 is 2.33 bits per heavy atom. The summed E-state index contributed by atoms with van der Waals surface area (Å²) in [5.41, 5.74) is 0.834. The molecule has 0 fully saturated rings. The highest BCUT2D eigenvalue weighted by molar-refractivity contribution is 7.13. The Bertz CT molecular complexity index is 364. The first-order valence-electron chi connectivity index (χ1n) is 4.26. The fourth-order valence-electron chi connectivity index (χ4n) is 0.836. The molecule has 6 nitrogen and oxygen atoms in total. The van der Waals surface area contributed by atoms with Crippen LogP contribution >= 0.6 is 11.3 Å². The van der Waals surface area contributed by atoms with E-state index in [1.807, 2.05) is 12.3 Å². The summed E-state index contributed by atoms with van der Waals surface area (Å²) in [7, 11) is 0. The van der Waals surface area contributed by atoms with Crippen molar-refractivity contribution < 1.29 is 14.7 Å². The van der Waals surface area contributed by atoms with E-state index >= 15 is 0 Å². The Hall–Kier alpha value is -1.63. The number of rotatable bonds is 4. The molecule has 0 aliphatic carbocycles. The Morgan fingerprint density at radius 1 is 1.60 bits per heavy atom. The number of carboxylic acid groups (broad SMARTS) is 1. The molecule has 0 saturated carbocycles. The van der Waals surface area contributed by atoms with Crippen molar-refractivity contribution in [2.24, 2.45) is 0 Å². The molecule has 0 aliphatic heterocycles. The number of carboxylic acids is 1. The van der Waals surface area contributed by atoms with Gasteiger partial charge in [-0.15, -0.1) is 11.3 Å².